The molecule has 0 bridgehead atoms. The van der Waals surface area contributed by atoms with E-state index in [2.05, 4.69) is 10.3 Å². The molecule has 7 heteroatoms. The van der Waals surface area contributed by atoms with Gasteiger partial charge in [-0.25, -0.2) is 0 Å². The van der Waals surface area contributed by atoms with E-state index in [4.69, 9.17) is 11.6 Å². The van der Waals surface area contributed by atoms with Gasteiger partial charge in [-0.3, -0.25) is 19.5 Å². The molecular weight excluding hydrogens is 430 g/mol. The Morgan fingerprint density at radius 2 is 1.90 bits per heavy atom. The highest BCUT2D eigenvalue weighted by Gasteiger charge is 2.34. The Morgan fingerprint density at radius 3 is 2.58 bits per heavy atom. The molecule has 1 aliphatic carbocycles. The molecule has 1 aromatic carbocycles. The summed E-state index contributed by atoms with van der Waals surface area (Å²) in [5, 5.41) is 5.63. The van der Waals surface area contributed by atoms with Crippen LogP contribution in [0.3, 0.4) is 0 Å². The van der Waals surface area contributed by atoms with E-state index in [-0.39, 0.29) is 24.3 Å². The molecule has 2 amide bonds. The van der Waals surface area contributed by atoms with Crippen LogP contribution in [0.15, 0.2) is 66.3 Å². The summed E-state index contributed by atoms with van der Waals surface area (Å²) in [4.78, 5) is 33.7. The second-order valence-corrected chi connectivity index (χ2v) is 9.14. The van der Waals surface area contributed by atoms with E-state index in [0.29, 0.717) is 16.3 Å². The van der Waals surface area contributed by atoms with Crippen molar-refractivity contribution in [2.75, 3.05) is 4.90 Å². The van der Waals surface area contributed by atoms with Crippen LogP contribution in [-0.4, -0.2) is 22.8 Å². The van der Waals surface area contributed by atoms with Gasteiger partial charge in [0.15, 0.2) is 0 Å². The van der Waals surface area contributed by atoms with Crippen LogP contribution in [0.5, 0.6) is 0 Å². The lowest BCUT2D eigenvalue weighted by Crippen LogP contribution is -2.46. The first-order valence-corrected chi connectivity index (χ1v) is 11.7. The number of thiophene rings is 1. The Labute approximate surface area is 191 Å². The van der Waals surface area contributed by atoms with Crippen LogP contribution in [0.2, 0.25) is 5.02 Å². The van der Waals surface area contributed by atoms with E-state index in [1.54, 1.807) is 47.6 Å². The summed E-state index contributed by atoms with van der Waals surface area (Å²) in [5.74, 6) is -0.342. The van der Waals surface area contributed by atoms with E-state index in [9.17, 15) is 9.59 Å². The Kier molecular flexibility index (Phi) is 6.99. The van der Waals surface area contributed by atoms with E-state index < -0.39 is 6.04 Å². The van der Waals surface area contributed by atoms with Crippen molar-refractivity contribution in [2.45, 2.75) is 44.2 Å². The molecule has 5 nitrogen and oxygen atoms in total. The van der Waals surface area contributed by atoms with E-state index in [1.807, 2.05) is 23.6 Å². The maximum Gasteiger partial charge on any atom is 0.248 e. The van der Waals surface area contributed by atoms with Crippen molar-refractivity contribution >= 4 is 40.4 Å². The van der Waals surface area contributed by atoms with Gasteiger partial charge in [0.05, 0.1) is 6.42 Å². The summed E-state index contributed by atoms with van der Waals surface area (Å²) in [6.45, 7) is 0. The third kappa shape index (κ3) is 5.32. The highest BCUT2D eigenvalue weighted by molar-refractivity contribution is 7.10. The van der Waals surface area contributed by atoms with Gasteiger partial charge in [0, 0.05) is 34.0 Å². The van der Waals surface area contributed by atoms with E-state index in [0.717, 1.165) is 30.6 Å². The van der Waals surface area contributed by atoms with Crippen molar-refractivity contribution in [3.63, 3.8) is 0 Å². The first-order chi connectivity index (χ1) is 15.1. The van der Waals surface area contributed by atoms with E-state index >= 15 is 0 Å². The Bertz CT molecular complexity index is 1020. The van der Waals surface area contributed by atoms with Crippen molar-refractivity contribution in [1.82, 2.24) is 10.3 Å². The molecule has 1 fully saturated rings. The van der Waals surface area contributed by atoms with Gasteiger partial charge in [0.2, 0.25) is 11.8 Å². The number of pyridine rings is 1. The molecule has 0 unspecified atom stereocenters. The lowest BCUT2D eigenvalue weighted by atomic mass is 10.0. The average Bonchev–Trinajstić information content (AvgIpc) is 3.46. The van der Waals surface area contributed by atoms with Crippen molar-refractivity contribution in [2.24, 2.45) is 0 Å². The molecule has 0 spiro atoms. The average molecular weight is 454 g/mol. The molecule has 3 aromatic rings. The molecule has 0 aliphatic heterocycles. The number of amides is 2. The molecule has 1 atom stereocenters. The Morgan fingerprint density at radius 1 is 1.13 bits per heavy atom. The van der Waals surface area contributed by atoms with Gasteiger partial charge in [-0.1, -0.05) is 36.6 Å². The molecule has 160 valence electrons. The molecule has 1 aliphatic rings. The predicted octanol–water partition coefficient (Wildman–Crippen LogP) is 5.17. The largest absolute Gasteiger partial charge is 0.351 e. The van der Waals surface area contributed by atoms with Crippen LogP contribution in [0.1, 0.15) is 42.2 Å². The van der Waals surface area contributed by atoms with Gasteiger partial charge in [-0.2, -0.15) is 0 Å². The molecule has 1 saturated carbocycles. The minimum Gasteiger partial charge on any atom is -0.351 e. The molecule has 1 N–H and O–H groups in total. The molecule has 2 aromatic heterocycles. The summed E-state index contributed by atoms with van der Waals surface area (Å²) >= 11 is 7.78. The van der Waals surface area contributed by atoms with Crippen LogP contribution >= 0.6 is 22.9 Å². The zero-order valence-corrected chi connectivity index (χ0v) is 18.6. The number of aromatic nitrogens is 1. The molecule has 0 saturated heterocycles. The summed E-state index contributed by atoms with van der Waals surface area (Å²) < 4.78 is 0. The number of halogens is 1. The second kappa shape index (κ2) is 10.1. The normalized spacial score (nSPS) is 14.9. The van der Waals surface area contributed by atoms with Gasteiger partial charge in [-0.05, 0) is 60.2 Å². The smallest absolute Gasteiger partial charge is 0.248 e. The highest BCUT2D eigenvalue weighted by atomic mass is 35.5. The Balaban J connectivity index is 1.74. The molecule has 0 radical (unpaired) electrons. The zero-order chi connectivity index (χ0) is 21.6. The number of carbonyl (C=O) groups excluding carboxylic acids is 2. The number of carbonyl (C=O) groups is 2. The molecule has 4 rings (SSSR count). The summed E-state index contributed by atoms with van der Waals surface area (Å²) in [7, 11) is 0. The highest BCUT2D eigenvalue weighted by Crippen LogP contribution is 2.31. The first-order valence-electron chi connectivity index (χ1n) is 10.4. The predicted molar refractivity (Wildman–Crippen MR) is 124 cm³/mol. The number of nitrogens with zero attached hydrogens (tertiary/aromatic N) is 2. The van der Waals surface area contributed by atoms with Crippen LogP contribution < -0.4 is 10.2 Å². The second-order valence-electron chi connectivity index (χ2n) is 7.67. The fraction of sp³-hybridized carbons (Fsp3) is 0.292. The quantitative estimate of drug-likeness (QED) is 0.536. The number of nitrogens with one attached hydrogen (secondary N) is 1. The topological polar surface area (TPSA) is 62.3 Å². The van der Waals surface area contributed by atoms with Crippen LogP contribution in [0, 0.1) is 0 Å². The van der Waals surface area contributed by atoms with Crippen molar-refractivity contribution in [3.8, 4) is 0 Å². The van der Waals surface area contributed by atoms with Crippen LogP contribution in [0.4, 0.5) is 5.69 Å². The van der Waals surface area contributed by atoms with E-state index in [1.165, 1.54) is 11.3 Å². The first kappa shape index (κ1) is 21.5. The van der Waals surface area contributed by atoms with Gasteiger partial charge >= 0.3 is 0 Å². The number of hydrogen-bond acceptors (Lipinski definition) is 4. The SMILES string of the molecule is O=C(NC1CCCC1)[C@@H](c1ccncc1)N(C(=O)Cc1cccs1)c1cccc(Cl)c1. The minimum absolute atomic E-state index is 0.144. The molecule has 2 heterocycles. The fourth-order valence-corrected chi connectivity index (χ4v) is 4.90. The van der Waals surface area contributed by atoms with Gasteiger partial charge in [0.25, 0.3) is 0 Å². The lowest BCUT2D eigenvalue weighted by Gasteiger charge is -2.32. The summed E-state index contributed by atoms with van der Waals surface area (Å²) in [5.41, 5.74) is 1.31. The van der Waals surface area contributed by atoms with Crippen molar-refractivity contribution < 1.29 is 9.59 Å². The standard InChI is InChI=1S/C24H24ClN3O2S/c25-18-5-3-8-20(15-18)28(22(29)16-21-9-4-14-31-21)23(17-10-12-26-13-11-17)24(30)27-19-6-1-2-7-19/h3-5,8-15,19,23H,1-2,6-7,16H2,(H,27,30)/t23-/m1/s1. The molecular formula is C24H24ClN3O2S. The van der Waals surface area contributed by atoms with Crippen LogP contribution in [0.25, 0.3) is 0 Å². The number of anilines is 1. The number of rotatable bonds is 7. The van der Waals surface area contributed by atoms with Gasteiger partial charge in [0.1, 0.15) is 6.04 Å². The summed E-state index contributed by atoms with van der Waals surface area (Å²) in [6.07, 6.45) is 7.66. The van der Waals surface area contributed by atoms with Gasteiger partial charge < -0.3 is 5.32 Å². The third-order valence-electron chi connectivity index (χ3n) is 5.49. The van der Waals surface area contributed by atoms with Crippen molar-refractivity contribution in [1.29, 1.82) is 0 Å². The monoisotopic (exact) mass is 453 g/mol. The maximum absolute atomic E-state index is 13.6. The minimum atomic E-state index is -0.811. The van der Waals surface area contributed by atoms with Crippen LogP contribution in [-0.2, 0) is 16.0 Å². The Hall–Kier alpha value is -2.70. The fourth-order valence-electron chi connectivity index (χ4n) is 4.02. The summed E-state index contributed by atoms with van der Waals surface area (Å²) in [6, 6.07) is 13.8. The molecule has 31 heavy (non-hydrogen) atoms. The number of benzene rings is 1. The van der Waals surface area contributed by atoms with Crippen molar-refractivity contribution in [3.05, 3.63) is 81.8 Å². The lowest BCUT2D eigenvalue weighted by molar-refractivity contribution is -0.127. The maximum atomic E-state index is 13.6. The number of hydrogen-bond donors (Lipinski definition) is 1. The van der Waals surface area contributed by atoms with Gasteiger partial charge in [-0.15, -0.1) is 11.3 Å². The zero-order valence-electron chi connectivity index (χ0n) is 17.0. The third-order valence-corrected chi connectivity index (χ3v) is 6.60.